The van der Waals surface area contributed by atoms with Gasteiger partial charge in [0.15, 0.2) is 0 Å². The second-order valence-corrected chi connectivity index (χ2v) is 6.44. The summed E-state index contributed by atoms with van der Waals surface area (Å²) in [5.41, 5.74) is 1.75. The molecule has 2 rings (SSSR count). The Balaban J connectivity index is 2.20. The lowest BCUT2D eigenvalue weighted by Crippen LogP contribution is -2.59. The van der Waals surface area contributed by atoms with Crippen molar-refractivity contribution in [2.24, 2.45) is 0 Å². The second-order valence-electron chi connectivity index (χ2n) is 6.44. The van der Waals surface area contributed by atoms with Crippen LogP contribution in [0.25, 0.3) is 0 Å². The number of rotatable bonds is 5. The van der Waals surface area contributed by atoms with E-state index < -0.39 is 0 Å². The van der Waals surface area contributed by atoms with E-state index in [1.807, 2.05) is 0 Å². The number of nitrogens with one attached hydrogen (secondary N) is 1. The van der Waals surface area contributed by atoms with Gasteiger partial charge in [-0.15, -0.1) is 0 Å². The van der Waals surface area contributed by atoms with Crippen molar-refractivity contribution in [3.63, 3.8) is 0 Å². The van der Waals surface area contributed by atoms with E-state index in [0.29, 0.717) is 11.6 Å². The Morgan fingerprint density at radius 2 is 1.65 bits per heavy atom. The van der Waals surface area contributed by atoms with Crippen molar-refractivity contribution in [3.05, 3.63) is 35.9 Å². The lowest BCUT2D eigenvalue weighted by molar-refractivity contribution is 0.0835. The van der Waals surface area contributed by atoms with E-state index in [4.69, 9.17) is 0 Å². The Labute approximate surface area is 124 Å². The van der Waals surface area contributed by atoms with Crippen LogP contribution in [-0.4, -0.2) is 37.6 Å². The Morgan fingerprint density at radius 3 is 2.15 bits per heavy atom. The van der Waals surface area contributed by atoms with E-state index in [1.54, 1.807) is 0 Å². The molecule has 20 heavy (non-hydrogen) atoms. The largest absolute Gasteiger partial charge is 0.315 e. The van der Waals surface area contributed by atoms with Crippen LogP contribution in [0.2, 0.25) is 0 Å². The fourth-order valence-electron chi connectivity index (χ4n) is 3.86. The molecule has 0 heterocycles. The van der Waals surface area contributed by atoms with Crippen LogP contribution in [-0.2, 0) is 6.42 Å². The van der Waals surface area contributed by atoms with Crippen LogP contribution in [0.15, 0.2) is 30.3 Å². The van der Waals surface area contributed by atoms with Gasteiger partial charge in [0.2, 0.25) is 0 Å². The van der Waals surface area contributed by atoms with Crippen molar-refractivity contribution >= 4 is 0 Å². The lowest BCUT2D eigenvalue weighted by atomic mass is 9.78. The van der Waals surface area contributed by atoms with Crippen LogP contribution in [0.3, 0.4) is 0 Å². The standard InChI is InChI=1S/C18H30N2/c1-19-17(15-16-11-7-6-8-12-16)18(20(2)3)13-9-4-5-10-14-18/h6-8,11-12,17,19H,4-5,9-10,13-15H2,1-3H3. The van der Waals surface area contributed by atoms with Crippen LogP contribution in [0.5, 0.6) is 0 Å². The Hall–Kier alpha value is -0.860. The molecular weight excluding hydrogens is 244 g/mol. The first-order valence-corrected chi connectivity index (χ1v) is 8.07. The van der Waals surface area contributed by atoms with Crippen LogP contribution in [0.1, 0.15) is 44.1 Å². The monoisotopic (exact) mass is 274 g/mol. The number of benzene rings is 1. The number of nitrogens with zero attached hydrogens (tertiary/aromatic N) is 1. The van der Waals surface area contributed by atoms with E-state index in [2.05, 4.69) is 61.7 Å². The highest BCUT2D eigenvalue weighted by atomic mass is 15.2. The molecule has 0 aliphatic heterocycles. The van der Waals surface area contributed by atoms with Crippen molar-refractivity contribution < 1.29 is 0 Å². The molecule has 1 saturated carbocycles. The zero-order valence-corrected chi connectivity index (χ0v) is 13.4. The first kappa shape index (κ1) is 15.5. The van der Waals surface area contributed by atoms with E-state index in [0.717, 1.165) is 6.42 Å². The van der Waals surface area contributed by atoms with Gasteiger partial charge in [0.25, 0.3) is 0 Å². The maximum absolute atomic E-state index is 3.63. The topological polar surface area (TPSA) is 15.3 Å². The summed E-state index contributed by atoms with van der Waals surface area (Å²) < 4.78 is 0. The molecule has 0 spiro atoms. The minimum absolute atomic E-state index is 0.307. The van der Waals surface area contributed by atoms with E-state index in [1.165, 1.54) is 44.1 Å². The van der Waals surface area contributed by atoms with Crippen molar-refractivity contribution in [2.75, 3.05) is 21.1 Å². The van der Waals surface area contributed by atoms with Gasteiger partial charge in [0, 0.05) is 11.6 Å². The average Bonchev–Trinajstić information content (AvgIpc) is 2.72. The molecule has 112 valence electrons. The van der Waals surface area contributed by atoms with Gasteiger partial charge >= 0.3 is 0 Å². The molecule has 1 aromatic carbocycles. The zero-order valence-electron chi connectivity index (χ0n) is 13.4. The zero-order chi connectivity index (χ0) is 14.4. The van der Waals surface area contributed by atoms with Crippen LogP contribution in [0, 0.1) is 0 Å². The molecule has 1 aliphatic rings. The third-order valence-corrected chi connectivity index (χ3v) is 5.14. The molecule has 0 bridgehead atoms. The second kappa shape index (κ2) is 7.24. The summed E-state index contributed by atoms with van der Waals surface area (Å²) in [6.07, 6.45) is 9.29. The molecule has 0 aromatic heterocycles. The Kier molecular flexibility index (Phi) is 5.62. The third-order valence-electron chi connectivity index (χ3n) is 5.14. The summed E-state index contributed by atoms with van der Waals surface area (Å²) in [5, 5.41) is 3.63. The molecule has 2 heteroatoms. The SMILES string of the molecule is CNC(Cc1ccccc1)C1(N(C)C)CCCCCC1. The molecule has 0 saturated heterocycles. The minimum atomic E-state index is 0.307. The molecule has 1 fully saturated rings. The first-order chi connectivity index (χ1) is 9.69. The van der Waals surface area contributed by atoms with Gasteiger partial charge in [-0.2, -0.15) is 0 Å². The smallest absolute Gasteiger partial charge is 0.0359 e. The third kappa shape index (κ3) is 3.42. The van der Waals surface area contributed by atoms with Gasteiger partial charge in [-0.1, -0.05) is 56.0 Å². The maximum atomic E-state index is 3.63. The fourth-order valence-corrected chi connectivity index (χ4v) is 3.86. The number of hydrogen-bond acceptors (Lipinski definition) is 2. The van der Waals surface area contributed by atoms with Gasteiger partial charge in [-0.3, -0.25) is 0 Å². The van der Waals surface area contributed by atoms with Gasteiger partial charge < -0.3 is 10.2 Å². The summed E-state index contributed by atoms with van der Waals surface area (Å²) in [6, 6.07) is 11.4. The molecule has 1 N–H and O–H groups in total. The van der Waals surface area contributed by atoms with Crippen LogP contribution in [0.4, 0.5) is 0 Å². The molecule has 1 aromatic rings. The fraction of sp³-hybridized carbons (Fsp3) is 0.667. The minimum Gasteiger partial charge on any atom is -0.315 e. The summed E-state index contributed by atoms with van der Waals surface area (Å²) in [6.45, 7) is 0. The van der Waals surface area contributed by atoms with Gasteiger partial charge in [-0.05, 0) is 46.0 Å². The molecule has 1 atom stereocenters. The van der Waals surface area contributed by atoms with Crippen molar-refractivity contribution in [1.82, 2.24) is 10.2 Å². The molecule has 1 unspecified atom stereocenters. The summed E-state index contributed by atoms with van der Waals surface area (Å²) in [5.74, 6) is 0. The van der Waals surface area contributed by atoms with Gasteiger partial charge in [0.05, 0.1) is 0 Å². The van der Waals surface area contributed by atoms with Gasteiger partial charge in [-0.25, -0.2) is 0 Å². The average molecular weight is 274 g/mol. The van der Waals surface area contributed by atoms with E-state index >= 15 is 0 Å². The molecule has 2 nitrogen and oxygen atoms in total. The van der Waals surface area contributed by atoms with E-state index in [-0.39, 0.29) is 0 Å². The number of hydrogen-bond donors (Lipinski definition) is 1. The lowest BCUT2D eigenvalue weighted by Gasteiger charge is -2.46. The van der Waals surface area contributed by atoms with Crippen molar-refractivity contribution in [1.29, 1.82) is 0 Å². The van der Waals surface area contributed by atoms with Crippen LogP contribution < -0.4 is 5.32 Å². The Morgan fingerprint density at radius 1 is 1.05 bits per heavy atom. The molecular formula is C18H30N2. The molecule has 0 amide bonds. The summed E-state index contributed by atoms with van der Waals surface area (Å²) in [4.78, 5) is 2.49. The molecule has 0 radical (unpaired) electrons. The quantitative estimate of drug-likeness (QED) is 0.827. The number of likely N-dealkylation sites (N-methyl/N-ethyl adjacent to an activating group) is 2. The predicted molar refractivity (Wildman–Crippen MR) is 87.1 cm³/mol. The normalized spacial score (nSPS) is 20.6. The van der Waals surface area contributed by atoms with E-state index in [9.17, 15) is 0 Å². The van der Waals surface area contributed by atoms with Crippen molar-refractivity contribution in [2.45, 2.75) is 56.5 Å². The van der Waals surface area contributed by atoms with Gasteiger partial charge in [0.1, 0.15) is 0 Å². The summed E-state index contributed by atoms with van der Waals surface area (Å²) >= 11 is 0. The highest BCUT2D eigenvalue weighted by Gasteiger charge is 2.39. The highest BCUT2D eigenvalue weighted by molar-refractivity contribution is 5.18. The van der Waals surface area contributed by atoms with Crippen LogP contribution >= 0.6 is 0 Å². The van der Waals surface area contributed by atoms with Crippen molar-refractivity contribution in [3.8, 4) is 0 Å². The maximum Gasteiger partial charge on any atom is 0.0359 e. The first-order valence-electron chi connectivity index (χ1n) is 8.07. The predicted octanol–water partition coefficient (Wildman–Crippen LogP) is 3.47. The Bertz CT molecular complexity index is 378. The highest BCUT2D eigenvalue weighted by Crippen LogP contribution is 2.35. The summed E-state index contributed by atoms with van der Waals surface area (Å²) in [7, 11) is 6.66. The molecule has 1 aliphatic carbocycles.